The zero-order valence-corrected chi connectivity index (χ0v) is 26.0. The number of rotatable bonds is 6. The van der Waals surface area contributed by atoms with Crippen molar-refractivity contribution in [2.45, 2.75) is 95.3 Å². The molecule has 0 fully saturated rings. The molecule has 1 aliphatic heterocycles. The highest BCUT2D eigenvalue weighted by Gasteiger charge is 2.25. The van der Waals surface area contributed by atoms with Crippen molar-refractivity contribution in [2.75, 3.05) is 0 Å². The van der Waals surface area contributed by atoms with Gasteiger partial charge in [-0.3, -0.25) is 4.98 Å². The minimum absolute atomic E-state index is 0.268. The topological polar surface area (TPSA) is 37.6 Å². The molecule has 0 saturated carbocycles. The summed E-state index contributed by atoms with van der Waals surface area (Å²) in [7, 11) is 0. The number of aromatic nitrogens is 1. The molecular formula is C41H45N3. The van der Waals surface area contributed by atoms with E-state index in [1.807, 2.05) is 0 Å². The van der Waals surface area contributed by atoms with E-state index in [1.54, 1.807) is 0 Å². The van der Waals surface area contributed by atoms with Gasteiger partial charge in [0.25, 0.3) is 0 Å². The van der Waals surface area contributed by atoms with Gasteiger partial charge in [0.15, 0.2) is 5.84 Å². The summed E-state index contributed by atoms with van der Waals surface area (Å²) in [6.45, 7) is 0. The second-order valence-electron chi connectivity index (χ2n) is 13.0. The van der Waals surface area contributed by atoms with Gasteiger partial charge in [0.2, 0.25) is 0 Å². The lowest BCUT2D eigenvalue weighted by Gasteiger charge is -2.26. The number of amidine groups is 1. The Bertz CT molecular complexity index is 1600. The van der Waals surface area contributed by atoms with Gasteiger partial charge < -0.3 is 0 Å². The minimum Gasteiger partial charge on any atom is -0.260 e. The number of pyridine rings is 1. The zero-order chi connectivity index (χ0) is 29.6. The number of allylic oxidation sites excluding steroid dienone is 15. The van der Waals surface area contributed by atoms with Crippen molar-refractivity contribution >= 4 is 17.1 Å². The molecule has 2 heterocycles. The fourth-order valence-electron chi connectivity index (χ4n) is 7.44. The first-order valence-electron chi connectivity index (χ1n) is 17.1. The van der Waals surface area contributed by atoms with E-state index in [9.17, 15) is 0 Å². The summed E-state index contributed by atoms with van der Waals surface area (Å²) >= 11 is 0. The van der Waals surface area contributed by atoms with Crippen molar-refractivity contribution in [3.05, 3.63) is 131 Å². The van der Waals surface area contributed by atoms with Gasteiger partial charge in [0, 0.05) is 29.3 Å². The summed E-state index contributed by atoms with van der Waals surface area (Å²) in [5.74, 6) is 2.07. The van der Waals surface area contributed by atoms with Crippen LogP contribution in [0.5, 0.6) is 0 Å². The average Bonchev–Trinajstić information content (AvgIpc) is 3.10. The van der Waals surface area contributed by atoms with E-state index in [0.717, 1.165) is 69.3 Å². The first kappa shape index (κ1) is 28.9. The highest BCUT2D eigenvalue weighted by Crippen LogP contribution is 2.38. The van der Waals surface area contributed by atoms with Crippen LogP contribution in [-0.4, -0.2) is 16.5 Å². The Morgan fingerprint density at radius 3 is 2.45 bits per heavy atom. The summed E-state index contributed by atoms with van der Waals surface area (Å²) < 4.78 is 0. The normalized spacial score (nSPS) is 28.1. The van der Waals surface area contributed by atoms with Crippen LogP contribution in [0.2, 0.25) is 0 Å². The van der Waals surface area contributed by atoms with Crippen molar-refractivity contribution < 1.29 is 0 Å². The highest BCUT2D eigenvalue weighted by atomic mass is 14.9. The summed E-state index contributed by atoms with van der Waals surface area (Å²) in [5.41, 5.74) is 10.2. The predicted octanol–water partition coefficient (Wildman–Crippen LogP) is 10.8. The van der Waals surface area contributed by atoms with Crippen LogP contribution >= 0.6 is 0 Å². The summed E-state index contributed by atoms with van der Waals surface area (Å²) in [6.07, 6.45) is 48.9. The van der Waals surface area contributed by atoms with Crippen molar-refractivity contribution in [3.8, 4) is 0 Å². The third-order valence-corrected chi connectivity index (χ3v) is 9.91. The van der Waals surface area contributed by atoms with Crippen LogP contribution in [0.3, 0.4) is 0 Å². The van der Waals surface area contributed by atoms with E-state index in [4.69, 9.17) is 15.0 Å². The van der Waals surface area contributed by atoms with Gasteiger partial charge in [-0.15, -0.1) is 0 Å². The number of hydrogen-bond donors (Lipinski definition) is 0. The Morgan fingerprint density at radius 2 is 1.64 bits per heavy atom. The molecule has 224 valence electrons. The quantitative estimate of drug-likeness (QED) is 0.309. The standard InChI is InChI=1S/C41H45N3/c1-5-15-30(16-6-1)37-28-36(29-42-40(37)32-19-9-3-10-20-32)34-23-13-24-35(27-34)39-26-14-25-38(31-17-7-2-8-18-31)43-41(44-39)33-21-11-4-12-22-33/h1,3,5,9-11,13,17,19,21-23,25,27-30,32,35H,2,4,6-8,12,14-16,18,20,24,26H2/b38-25-,43-41?,44-39?. The van der Waals surface area contributed by atoms with Crippen molar-refractivity contribution in [1.82, 2.24) is 4.98 Å². The fraction of sp³-hybridized carbons (Fsp3) is 0.390. The van der Waals surface area contributed by atoms with E-state index < -0.39 is 0 Å². The Hall–Kier alpha value is -3.85. The molecule has 1 aromatic heterocycles. The molecule has 3 atom stereocenters. The van der Waals surface area contributed by atoms with Gasteiger partial charge in [-0.2, -0.15) is 0 Å². The van der Waals surface area contributed by atoms with Gasteiger partial charge in [-0.05, 0) is 118 Å². The molecular weight excluding hydrogens is 534 g/mol. The van der Waals surface area contributed by atoms with E-state index in [2.05, 4.69) is 97.3 Å². The summed E-state index contributed by atoms with van der Waals surface area (Å²) in [4.78, 5) is 15.8. The molecule has 0 spiro atoms. The molecule has 0 N–H and O–H groups in total. The molecule has 0 saturated heterocycles. The first-order chi connectivity index (χ1) is 21.8. The van der Waals surface area contributed by atoms with Gasteiger partial charge in [0.05, 0.1) is 11.4 Å². The molecule has 0 bridgehead atoms. The first-order valence-corrected chi connectivity index (χ1v) is 17.1. The van der Waals surface area contributed by atoms with Crippen molar-refractivity contribution in [3.63, 3.8) is 0 Å². The van der Waals surface area contributed by atoms with Gasteiger partial charge in [-0.1, -0.05) is 85.1 Å². The van der Waals surface area contributed by atoms with Crippen LogP contribution < -0.4 is 0 Å². The van der Waals surface area contributed by atoms with Crippen LogP contribution in [0.15, 0.2) is 124 Å². The second kappa shape index (κ2) is 13.8. The third kappa shape index (κ3) is 6.62. The smallest absolute Gasteiger partial charge is 0.159 e. The van der Waals surface area contributed by atoms with Gasteiger partial charge >= 0.3 is 0 Å². The van der Waals surface area contributed by atoms with Crippen LogP contribution in [0.1, 0.15) is 112 Å². The fourth-order valence-corrected chi connectivity index (χ4v) is 7.44. The molecule has 7 rings (SSSR count). The molecule has 6 aliphatic rings. The molecule has 0 amide bonds. The van der Waals surface area contributed by atoms with Crippen LogP contribution in [0.4, 0.5) is 0 Å². The Morgan fingerprint density at radius 1 is 0.682 bits per heavy atom. The van der Waals surface area contributed by atoms with E-state index in [-0.39, 0.29) is 5.92 Å². The zero-order valence-electron chi connectivity index (χ0n) is 26.0. The van der Waals surface area contributed by atoms with E-state index in [1.165, 1.54) is 64.9 Å². The average molecular weight is 580 g/mol. The molecule has 0 radical (unpaired) electrons. The van der Waals surface area contributed by atoms with Crippen LogP contribution in [-0.2, 0) is 0 Å². The monoisotopic (exact) mass is 579 g/mol. The largest absolute Gasteiger partial charge is 0.260 e. The summed E-state index contributed by atoms with van der Waals surface area (Å²) in [6, 6.07) is 2.47. The van der Waals surface area contributed by atoms with E-state index >= 15 is 0 Å². The van der Waals surface area contributed by atoms with E-state index in [0.29, 0.717) is 11.8 Å². The molecule has 44 heavy (non-hydrogen) atoms. The lowest BCUT2D eigenvalue weighted by atomic mass is 9.81. The summed E-state index contributed by atoms with van der Waals surface area (Å²) in [5, 5.41) is 0. The molecule has 3 heteroatoms. The highest BCUT2D eigenvalue weighted by molar-refractivity contribution is 6.10. The Kier molecular flexibility index (Phi) is 9.09. The van der Waals surface area contributed by atoms with Gasteiger partial charge in [0.1, 0.15) is 0 Å². The maximum absolute atomic E-state index is 5.39. The van der Waals surface area contributed by atoms with Crippen LogP contribution in [0.25, 0.3) is 5.57 Å². The number of nitrogens with zero attached hydrogens (tertiary/aromatic N) is 3. The second-order valence-corrected chi connectivity index (χ2v) is 13.0. The molecule has 3 unspecified atom stereocenters. The van der Waals surface area contributed by atoms with Crippen molar-refractivity contribution in [2.24, 2.45) is 15.9 Å². The van der Waals surface area contributed by atoms with Crippen LogP contribution in [0, 0.1) is 5.92 Å². The molecule has 0 aromatic carbocycles. The Balaban J connectivity index is 1.22. The lowest BCUT2D eigenvalue weighted by molar-refractivity contribution is 0.601. The maximum atomic E-state index is 5.39. The number of hydrogen-bond acceptors (Lipinski definition) is 3. The van der Waals surface area contributed by atoms with Gasteiger partial charge in [-0.25, -0.2) is 9.98 Å². The maximum Gasteiger partial charge on any atom is 0.159 e. The Labute approximate surface area is 263 Å². The molecule has 1 aromatic rings. The van der Waals surface area contributed by atoms with Crippen molar-refractivity contribution in [1.29, 1.82) is 0 Å². The molecule has 3 nitrogen and oxygen atoms in total. The molecule has 5 aliphatic carbocycles. The number of aliphatic imine (C=N–C) groups is 2. The third-order valence-electron chi connectivity index (χ3n) is 9.91. The SMILES string of the molecule is C1=CCC(c2ncc(C3=CC(C4=NC(C5=CCCC=C5)=N/C(C5=CCCCC5)=C\CC4)CC=C3)cc2C2CC=CCC2)C=C1. The minimum atomic E-state index is 0.268. The lowest BCUT2D eigenvalue weighted by Crippen LogP contribution is -2.18. The predicted molar refractivity (Wildman–Crippen MR) is 186 cm³/mol.